The molecule has 1 aromatic carbocycles. The highest BCUT2D eigenvalue weighted by molar-refractivity contribution is 6.01. The molecule has 0 saturated heterocycles. The number of aromatic nitrogens is 1. The van der Waals surface area contributed by atoms with Crippen LogP contribution in [0.2, 0.25) is 0 Å². The normalized spacial score (nSPS) is 12.7. The van der Waals surface area contributed by atoms with E-state index in [9.17, 15) is 19.2 Å². The van der Waals surface area contributed by atoms with E-state index in [0.29, 0.717) is 42.0 Å². The van der Waals surface area contributed by atoms with Crippen molar-refractivity contribution in [3.63, 3.8) is 0 Å². The van der Waals surface area contributed by atoms with Gasteiger partial charge >= 0.3 is 11.9 Å². The van der Waals surface area contributed by atoms with Crippen LogP contribution in [-0.2, 0) is 14.3 Å². The van der Waals surface area contributed by atoms with Crippen molar-refractivity contribution in [3.8, 4) is 16.9 Å². The highest BCUT2D eigenvalue weighted by atomic mass is 16.7. The number of aldehydes is 1. The number of rotatable bonds is 16. The van der Waals surface area contributed by atoms with Crippen molar-refractivity contribution in [2.45, 2.75) is 91.8 Å². The Morgan fingerprint density at radius 1 is 1.00 bits per heavy atom. The lowest BCUT2D eigenvalue weighted by Crippen LogP contribution is -2.28. The summed E-state index contributed by atoms with van der Waals surface area (Å²) in [5.41, 5.74) is 1.28. The average Bonchev–Trinajstić information content (AvgIpc) is 3.85. The van der Waals surface area contributed by atoms with Gasteiger partial charge in [0.15, 0.2) is 12.0 Å². The van der Waals surface area contributed by atoms with Crippen molar-refractivity contribution in [2.75, 3.05) is 13.7 Å². The van der Waals surface area contributed by atoms with Gasteiger partial charge in [-0.2, -0.15) is 0 Å². The lowest BCUT2D eigenvalue weighted by atomic mass is 9.95. The van der Waals surface area contributed by atoms with Crippen molar-refractivity contribution in [1.82, 2.24) is 10.3 Å². The fraction of sp³-hybridized carbons (Fsp3) is 0.500. The summed E-state index contributed by atoms with van der Waals surface area (Å²) in [5.74, 6) is -0.939. The quantitative estimate of drug-likeness (QED) is 0.0939. The SMILES string of the molecule is C=Cc1cc(C=O)c(-c2ccc(C(=O)NCC3CC3)nc2C(=O)OC(C)OC(=O)CCCC)cc1OC.CCCCCC. The minimum atomic E-state index is -1.18. The second-order valence-electron chi connectivity index (χ2n) is 10.5. The molecule has 0 bridgehead atoms. The van der Waals surface area contributed by atoms with Gasteiger partial charge in [-0.3, -0.25) is 14.4 Å². The van der Waals surface area contributed by atoms with Crippen LogP contribution in [0.4, 0.5) is 0 Å². The summed E-state index contributed by atoms with van der Waals surface area (Å²) in [7, 11) is 1.47. The molecule has 1 N–H and O–H groups in total. The molecule has 9 nitrogen and oxygen atoms in total. The van der Waals surface area contributed by atoms with Gasteiger partial charge in [0.2, 0.25) is 6.29 Å². The Hall–Kier alpha value is -4.01. The minimum absolute atomic E-state index is 0.0197. The lowest BCUT2D eigenvalue weighted by Gasteiger charge is -2.17. The number of pyridine rings is 1. The number of nitrogens with one attached hydrogen (secondary N) is 1. The third kappa shape index (κ3) is 11.3. The second kappa shape index (κ2) is 18.5. The van der Waals surface area contributed by atoms with Gasteiger partial charge in [-0.05, 0) is 55.0 Å². The number of amides is 1. The maximum Gasteiger partial charge on any atom is 0.360 e. The molecule has 1 unspecified atom stereocenters. The number of unbranched alkanes of at least 4 members (excludes halogenated alkanes) is 4. The van der Waals surface area contributed by atoms with E-state index in [1.807, 2.05) is 6.92 Å². The van der Waals surface area contributed by atoms with E-state index in [1.165, 1.54) is 51.8 Å². The van der Waals surface area contributed by atoms with Crippen LogP contribution >= 0.6 is 0 Å². The van der Waals surface area contributed by atoms with Gasteiger partial charge < -0.3 is 19.5 Å². The molecule has 1 amide bonds. The molecular weight excluding hydrogens is 548 g/mol. The van der Waals surface area contributed by atoms with Gasteiger partial charge in [-0.1, -0.05) is 65.5 Å². The van der Waals surface area contributed by atoms with Crippen molar-refractivity contribution in [2.24, 2.45) is 5.92 Å². The van der Waals surface area contributed by atoms with Crippen LogP contribution in [-0.4, -0.2) is 49.1 Å². The number of carbonyl (C=O) groups is 4. The molecule has 43 heavy (non-hydrogen) atoms. The summed E-state index contributed by atoms with van der Waals surface area (Å²) < 4.78 is 15.9. The zero-order valence-corrected chi connectivity index (χ0v) is 26.2. The molecule has 1 aliphatic carbocycles. The van der Waals surface area contributed by atoms with Crippen LogP contribution in [0.25, 0.3) is 17.2 Å². The lowest BCUT2D eigenvalue weighted by molar-refractivity contribution is -0.165. The van der Waals surface area contributed by atoms with E-state index >= 15 is 0 Å². The Balaban J connectivity index is 0.000000973. The summed E-state index contributed by atoms with van der Waals surface area (Å²) in [5, 5.41) is 2.82. The largest absolute Gasteiger partial charge is 0.496 e. The Morgan fingerprint density at radius 3 is 2.23 bits per heavy atom. The number of carbonyl (C=O) groups excluding carboxylic acids is 4. The summed E-state index contributed by atoms with van der Waals surface area (Å²) >= 11 is 0. The first-order chi connectivity index (χ1) is 20.7. The van der Waals surface area contributed by atoms with Crippen molar-refractivity contribution < 1.29 is 33.4 Å². The first-order valence-electron chi connectivity index (χ1n) is 15.2. The highest BCUT2D eigenvalue weighted by Gasteiger charge is 2.26. The zero-order valence-electron chi connectivity index (χ0n) is 26.2. The molecule has 1 heterocycles. The zero-order chi connectivity index (χ0) is 31.8. The third-order valence-electron chi connectivity index (χ3n) is 6.87. The summed E-state index contributed by atoms with van der Waals surface area (Å²) in [6, 6.07) is 6.18. The van der Waals surface area contributed by atoms with E-state index in [0.717, 1.165) is 19.3 Å². The number of hydrogen-bond acceptors (Lipinski definition) is 8. The topological polar surface area (TPSA) is 121 Å². The van der Waals surface area contributed by atoms with Crippen LogP contribution in [0.3, 0.4) is 0 Å². The summed E-state index contributed by atoms with van der Waals surface area (Å²) in [6.45, 7) is 12.1. The number of ether oxygens (including phenoxy) is 3. The third-order valence-corrected chi connectivity index (χ3v) is 6.87. The number of methoxy groups -OCH3 is 1. The van der Waals surface area contributed by atoms with E-state index < -0.39 is 24.1 Å². The van der Waals surface area contributed by atoms with Crippen LogP contribution in [0, 0.1) is 5.92 Å². The first kappa shape index (κ1) is 35.2. The number of hydrogen-bond donors (Lipinski definition) is 1. The predicted octanol–water partition coefficient (Wildman–Crippen LogP) is 7.18. The van der Waals surface area contributed by atoms with E-state index in [4.69, 9.17) is 14.2 Å². The van der Waals surface area contributed by atoms with Gasteiger partial charge in [0.05, 0.1) is 7.11 Å². The number of nitrogens with zero attached hydrogens (tertiary/aromatic N) is 1. The van der Waals surface area contributed by atoms with Gasteiger partial charge in [0, 0.05) is 36.6 Å². The minimum Gasteiger partial charge on any atom is -0.496 e. The van der Waals surface area contributed by atoms with Gasteiger partial charge in [-0.25, -0.2) is 9.78 Å². The maximum absolute atomic E-state index is 13.2. The molecule has 1 saturated carbocycles. The average molecular weight is 595 g/mol. The molecule has 3 rings (SSSR count). The Labute approximate surface area is 255 Å². The molecule has 2 aromatic rings. The van der Waals surface area contributed by atoms with Gasteiger partial charge in [0.25, 0.3) is 5.91 Å². The summed E-state index contributed by atoms with van der Waals surface area (Å²) in [6.07, 6.45) is 10.4. The van der Waals surface area contributed by atoms with Crippen LogP contribution in [0.1, 0.15) is 122 Å². The predicted molar refractivity (Wildman–Crippen MR) is 167 cm³/mol. The first-order valence-corrected chi connectivity index (χ1v) is 15.2. The fourth-order valence-corrected chi connectivity index (χ4v) is 4.19. The monoisotopic (exact) mass is 594 g/mol. The maximum atomic E-state index is 13.2. The van der Waals surface area contributed by atoms with E-state index in [-0.39, 0.29) is 28.9 Å². The van der Waals surface area contributed by atoms with Crippen LogP contribution in [0.5, 0.6) is 5.75 Å². The molecule has 0 radical (unpaired) electrons. The van der Waals surface area contributed by atoms with Gasteiger partial charge in [-0.15, -0.1) is 0 Å². The Bertz CT molecular complexity index is 1250. The molecular formula is C34H46N2O7. The molecule has 9 heteroatoms. The fourth-order valence-electron chi connectivity index (χ4n) is 4.19. The van der Waals surface area contributed by atoms with Crippen molar-refractivity contribution in [3.05, 3.63) is 53.4 Å². The second-order valence-corrected chi connectivity index (χ2v) is 10.5. The molecule has 0 aliphatic heterocycles. The van der Waals surface area contributed by atoms with Crippen LogP contribution in [0.15, 0.2) is 30.8 Å². The van der Waals surface area contributed by atoms with Crippen molar-refractivity contribution in [1.29, 1.82) is 0 Å². The molecule has 1 atom stereocenters. The van der Waals surface area contributed by atoms with Crippen LogP contribution < -0.4 is 10.1 Å². The van der Waals surface area contributed by atoms with E-state index in [2.05, 4.69) is 30.7 Å². The molecule has 0 spiro atoms. The Morgan fingerprint density at radius 2 is 1.67 bits per heavy atom. The molecule has 234 valence electrons. The molecule has 1 aliphatic rings. The van der Waals surface area contributed by atoms with Crippen molar-refractivity contribution >= 4 is 30.2 Å². The standard InChI is InChI=1S/C28H32N2O7.C6H14/c1-5-7-8-25(32)36-17(3)37-28(34)26-21(11-12-23(30-26)27(33)29-15-18-9-10-18)22-14-24(35-4)19(6-2)13-20(22)16-31;1-3-5-6-4-2/h6,11-14,16-18H,2,5,7-10,15H2,1,3-4H3,(H,29,33);3-6H2,1-2H3. The number of esters is 2. The Kier molecular flexibility index (Phi) is 15.1. The smallest absolute Gasteiger partial charge is 0.360 e. The summed E-state index contributed by atoms with van der Waals surface area (Å²) in [4.78, 5) is 54.1. The van der Waals surface area contributed by atoms with E-state index in [1.54, 1.807) is 18.2 Å². The van der Waals surface area contributed by atoms with Gasteiger partial charge in [0.1, 0.15) is 11.4 Å². The molecule has 1 aromatic heterocycles. The highest BCUT2D eigenvalue weighted by Crippen LogP contribution is 2.33. The number of benzene rings is 1. The molecule has 1 fully saturated rings.